The van der Waals surface area contributed by atoms with Gasteiger partial charge in [0, 0.05) is 13.1 Å². The van der Waals surface area contributed by atoms with E-state index in [0.717, 1.165) is 42.8 Å². The van der Waals surface area contributed by atoms with Gasteiger partial charge in [-0.2, -0.15) is 5.26 Å². The smallest absolute Gasteiger partial charge is 0.307 e. The molecule has 1 heterocycles. The van der Waals surface area contributed by atoms with Crippen LogP contribution in [0.2, 0.25) is 0 Å². The molecule has 0 radical (unpaired) electrons. The van der Waals surface area contributed by atoms with Gasteiger partial charge in [-0.1, -0.05) is 24.3 Å². The molecule has 1 aliphatic heterocycles. The summed E-state index contributed by atoms with van der Waals surface area (Å²) in [5.41, 5.74) is 2.69. The highest BCUT2D eigenvalue weighted by molar-refractivity contribution is 5.70. The highest BCUT2D eigenvalue weighted by Gasteiger charge is 2.25. The maximum atomic E-state index is 11.2. The first-order valence-corrected chi connectivity index (χ1v) is 8.80. The van der Waals surface area contributed by atoms with Gasteiger partial charge in [-0.05, 0) is 54.8 Å². The van der Waals surface area contributed by atoms with Crippen molar-refractivity contribution in [2.45, 2.75) is 26.0 Å². The molecule has 3 rings (SSSR count). The Morgan fingerprint density at radius 3 is 2.85 bits per heavy atom. The van der Waals surface area contributed by atoms with E-state index < -0.39 is 5.97 Å². The summed E-state index contributed by atoms with van der Waals surface area (Å²) in [6, 6.07) is 17.4. The summed E-state index contributed by atoms with van der Waals surface area (Å²) in [6.07, 6.45) is 1.68. The predicted molar refractivity (Wildman–Crippen MR) is 97.6 cm³/mol. The van der Waals surface area contributed by atoms with Gasteiger partial charge in [0.25, 0.3) is 0 Å². The van der Waals surface area contributed by atoms with Crippen molar-refractivity contribution in [3.63, 3.8) is 0 Å². The Hall–Kier alpha value is -2.84. The zero-order valence-electron chi connectivity index (χ0n) is 14.6. The number of hydrogen-bond donors (Lipinski definition) is 1. The number of aliphatic carboxylic acids is 1. The summed E-state index contributed by atoms with van der Waals surface area (Å²) in [5, 5.41) is 18.2. The van der Waals surface area contributed by atoms with Gasteiger partial charge in [0.05, 0.1) is 17.6 Å². The quantitative estimate of drug-likeness (QED) is 0.864. The molecule has 0 aliphatic carbocycles. The number of carboxylic acids is 1. The molecular formula is C21H22N2O3. The number of ether oxygens (including phenoxy) is 1. The number of rotatable bonds is 6. The molecule has 1 aliphatic rings. The first-order chi connectivity index (χ1) is 12.6. The summed E-state index contributed by atoms with van der Waals surface area (Å²) < 4.78 is 5.86. The Bertz CT molecular complexity index is 813. The molecule has 1 unspecified atom stereocenters. The topological polar surface area (TPSA) is 73.6 Å². The lowest BCUT2D eigenvalue weighted by Crippen LogP contribution is -2.38. The van der Waals surface area contributed by atoms with E-state index in [9.17, 15) is 9.90 Å². The van der Waals surface area contributed by atoms with E-state index in [1.165, 1.54) is 0 Å². The summed E-state index contributed by atoms with van der Waals surface area (Å²) in [4.78, 5) is 13.4. The molecule has 1 saturated heterocycles. The lowest BCUT2D eigenvalue weighted by atomic mass is 9.98. The fourth-order valence-electron chi connectivity index (χ4n) is 3.29. The Kier molecular flexibility index (Phi) is 5.88. The van der Waals surface area contributed by atoms with E-state index in [2.05, 4.69) is 11.0 Å². The average Bonchev–Trinajstić information content (AvgIpc) is 2.67. The fraction of sp³-hybridized carbons (Fsp3) is 0.333. The first kappa shape index (κ1) is 18.0. The number of nitrogens with zero attached hydrogens (tertiary/aromatic N) is 2. The number of piperidine rings is 1. The van der Waals surface area contributed by atoms with Crippen LogP contribution in [0.1, 0.15) is 29.5 Å². The minimum Gasteiger partial charge on any atom is -0.489 e. The molecule has 5 heteroatoms. The molecule has 1 atom stereocenters. The highest BCUT2D eigenvalue weighted by atomic mass is 16.5. The van der Waals surface area contributed by atoms with Crippen LogP contribution in [0, 0.1) is 17.2 Å². The maximum Gasteiger partial charge on any atom is 0.307 e. The Morgan fingerprint density at radius 1 is 1.23 bits per heavy atom. The lowest BCUT2D eigenvalue weighted by molar-refractivity contribution is -0.143. The molecule has 2 aromatic carbocycles. The molecule has 134 valence electrons. The predicted octanol–water partition coefficient (Wildman–Crippen LogP) is 3.43. The molecule has 0 amide bonds. The monoisotopic (exact) mass is 350 g/mol. The van der Waals surface area contributed by atoms with Crippen LogP contribution in [-0.4, -0.2) is 29.1 Å². The molecular weight excluding hydrogens is 328 g/mol. The summed E-state index contributed by atoms with van der Waals surface area (Å²) in [5.74, 6) is -0.196. The van der Waals surface area contributed by atoms with Crippen LogP contribution in [-0.2, 0) is 17.9 Å². The number of likely N-dealkylation sites (tertiary alicyclic amines) is 1. The van der Waals surface area contributed by atoms with E-state index in [1.54, 1.807) is 6.07 Å². The zero-order valence-corrected chi connectivity index (χ0v) is 14.6. The van der Waals surface area contributed by atoms with Crippen molar-refractivity contribution in [1.82, 2.24) is 4.90 Å². The molecule has 1 N–H and O–H groups in total. The second-order valence-electron chi connectivity index (χ2n) is 6.66. The van der Waals surface area contributed by atoms with E-state index >= 15 is 0 Å². The standard InChI is InChI=1S/C21H22N2O3/c22-12-16-4-1-6-18(10-16)15-26-20-8-2-5-17(11-20)13-23-9-3-7-19(14-23)21(24)25/h1-2,4-6,8,10-11,19H,3,7,9,13-15H2,(H,24,25). The SMILES string of the molecule is N#Cc1cccc(COc2cccc(CN3CCCC(C(=O)O)C3)c2)c1. The van der Waals surface area contributed by atoms with Crippen molar-refractivity contribution in [3.8, 4) is 11.8 Å². The zero-order chi connectivity index (χ0) is 18.4. The Morgan fingerprint density at radius 2 is 2.04 bits per heavy atom. The number of carboxylic acid groups (broad SMARTS) is 1. The average molecular weight is 350 g/mol. The molecule has 5 nitrogen and oxygen atoms in total. The van der Waals surface area contributed by atoms with E-state index in [0.29, 0.717) is 18.7 Å². The Labute approximate surface area is 153 Å². The molecule has 26 heavy (non-hydrogen) atoms. The minimum absolute atomic E-state index is 0.268. The van der Waals surface area contributed by atoms with Crippen molar-refractivity contribution in [2.24, 2.45) is 5.92 Å². The van der Waals surface area contributed by atoms with Crippen LogP contribution in [0.4, 0.5) is 0 Å². The second kappa shape index (κ2) is 8.50. The van der Waals surface area contributed by atoms with Gasteiger partial charge >= 0.3 is 5.97 Å². The van der Waals surface area contributed by atoms with Crippen LogP contribution in [0.15, 0.2) is 48.5 Å². The highest BCUT2D eigenvalue weighted by Crippen LogP contribution is 2.21. The number of hydrogen-bond acceptors (Lipinski definition) is 4. The van der Waals surface area contributed by atoms with Crippen LogP contribution < -0.4 is 4.74 Å². The lowest BCUT2D eigenvalue weighted by Gasteiger charge is -2.30. The molecule has 1 fully saturated rings. The molecule has 0 bridgehead atoms. The van der Waals surface area contributed by atoms with E-state index in [1.807, 2.05) is 42.5 Å². The first-order valence-electron chi connectivity index (χ1n) is 8.80. The van der Waals surface area contributed by atoms with Gasteiger partial charge < -0.3 is 9.84 Å². The summed E-state index contributed by atoms with van der Waals surface area (Å²) in [6.45, 7) is 2.66. The van der Waals surface area contributed by atoms with Gasteiger partial charge in [0.2, 0.25) is 0 Å². The number of nitriles is 1. The summed E-state index contributed by atoms with van der Waals surface area (Å²) >= 11 is 0. The van der Waals surface area contributed by atoms with Gasteiger partial charge in [-0.25, -0.2) is 0 Å². The van der Waals surface area contributed by atoms with Crippen LogP contribution in [0.3, 0.4) is 0 Å². The number of carbonyl (C=O) groups is 1. The molecule has 0 saturated carbocycles. The normalized spacial score (nSPS) is 17.4. The van der Waals surface area contributed by atoms with Gasteiger partial charge in [0.1, 0.15) is 12.4 Å². The van der Waals surface area contributed by atoms with Gasteiger partial charge in [0.15, 0.2) is 0 Å². The van der Waals surface area contributed by atoms with E-state index in [4.69, 9.17) is 10.00 Å². The third kappa shape index (κ3) is 4.84. The second-order valence-corrected chi connectivity index (χ2v) is 6.66. The van der Waals surface area contributed by atoms with Crippen LogP contribution >= 0.6 is 0 Å². The van der Waals surface area contributed by atoms with Crippen molar-refractivity contribution >= 4 is 5.97 Å². The summed E-state index contributed by atoms with van der Waals surface area (Å²) in [7, 11) is 0. The third-order valence-corrected chi connectivity index (χ3v) is 4.62. The van der Waals surface area contributed by atoms with Crippen molar-refractivity contribution in [2.75, 3.05) is 13.1 Å². The van der Waals surface area contributed by atoms with Gasteiger partial charge in [-0.3, -0.25) is 9.69 Å². The molecule has 0 spiro atoms. The fourth-order valence-corrected chi connectivity index (χ4v) is 3.29. The van der Waals surface area contributed by atoms with Crippen molar-refractivity contribution in [3.05, 3.63) is 65.2 Å². The molecule has 0 aromatic heterocycles. The van der Waals surface area contributed by atoms with Crippen molar-refractivity contribution < 1.29 is 14.6 Å². The number of benzene rings is 2. The van der Waals surface area contributed by atoms with Gasteiger partial charge in [-0.15, -0.1) is 0 Å². The van der Waals surface area contributed by atoms with Crippen molar-refractivity contribution in [1.29, 1.82) is 5.26 Å². The van der Waals surface area contributed by atoms with Crippen LogP contribution in [0.5, 0.6) is 5.75 Å². The van der Waals surface area contributed by atoms with E-state index in [-0.39, 0.29) is 5.92 Å². The Balaban J connectivity index is 1.59. The largest absolute Gasteiger partial charge is 0.489 e. The maximum absolute atomic E-state index is 11.2. The third-order valence-electron chi connectivity index (χ3n) is 4.62. The molecule has 2 aromatic rings. The minimum atomic E-state index is -0.702. The van der Waals surface area contributed by atoms with Crippen LogP contribution in [0.25, 0.3) is 0 Å².